The Kier molecular flexibility index (Phi) is 7.14. The molecule has 0 bridgehead atoms. The minimum Gasteiger partial charge on any atom is -0.385 e. The van der Waals surface area contributed by atoms with Crippen molar-refractivity contribution in [2.75, 3.05) is 32.0 Å². The van der Waals surface area contributed by atoms with E-state index in [9.17, 15) is 8.42 Å². The van der Waals surface area contributed by atoms with E-state index >= 15 is 0 Å². The number of hydrogen-bond donors (Lipinski definition) is 2. The van der Waals surface area contributed by atoms with Crippen LogP contribution in [0.1, 0.15) is 27.2 Å². The van der Waals surface area contributed by atoms with Crippen LogP contribution in [0, 0.1) is 0 Å². The van der Waals surface area contributed by atoms with Gasteiger partial charge in [-0.2, -0.15) is 0 Å². The van der Waals surface area contributed by atoms with E-state index in [1.54, 1.807) is 24.3 Å². The van der Waals surface area contributed by atoms with Crippen LogP contribution < -0.4 is 10.0 Å². The van der Waals surface area contributed by atoms with Crippen molar-refractivity contribution in [3.8, 4) is 0 Å². The van der Waals surface area contributed by atoms with E-state index in [0.717, 1.165) is 18.7 Å². The maximum absolute atomic E-state index is 12.2. The van der Waals surface area contributed by atoms with Gasteiger partial charge in [0.1, 0.15) is 0 Å². The zero-order chi connectivity index (χ0) is 15.9. The Morgan fingerprint density at radius 3 is 2.29 bits per heavy atom. The lowest BCUT2D eigenvalue weighted by atomic mass is 10.3. The zero-order valence-electron chi connectivity index (χ0n) is 13.4. The summed E-state index contributed by atoms with van der Waals surface area (Å²) in [4.78, 5) is 2.40. The number of likely N-dealkylation sites (N-methyl/N-ethyl adjacent to an activating group) is 1. The summed E-state index contributed by atoms with van der Waals surface area (Å²) in [6.07, 6.45) is 1.03. The molecule has 0 unspecified atom stereocenters. The van der Waals surface area contributed by atoms with Gasteiger partial charge in [0.25, 0.3) is 0 Å². The number of nitrogens with zero attached hydrogens (tertiary/aromatic N) is 1. The van der Waals surface area contributed by atoms with Gasteiger partial charge in [-0.25, -0.2) is 13.1 Å². The fraction of sp³-hybridized carbons (Fsp3) is 0.600. The van der Waals surface area contributed by atoms with E-state index in [1.165, 1.54) is 0 Å². The fourth-order valence-electron chi connectivity index (χ4n) is 1.72. The summed E-state index contributed by atoms with van der Waals surface area (Å²) < 4.78 is 27.0. The Hall–Kier alpha value is -1.11. The molecule has 120 valence electrons. The van der Waals surface area contributed by atoms with Crippen molar-refractivity contribution in [2.45, 2.75) is 38.1 Å². The molecule has 0 spiro atoms. The highest BCUT2D eigenvalue weighted by atomic mass is 32.2. The van der Waals surface area contributed by atoms with Gasteiger partial charge in [-0.1, -0.05) is 6.92 Å². The Labute approximate surface area is 128 Å². The largest absolute Gasteiger partial charge is 0.385 e. The molecule has 21 heavy (non-hydrogen) atoms. The van der Waals surface area contributed by atoms with Gasteiger partial charge in [0, 0.05) is 31.4 Å². The molecule has 0 aromatic heterocycles. The average Bonchev–Trinajstić information content (AvgIpc) is 2.45. The van der Waals surface area contributed by atoms with Crippen molar-refractivity contribution in [1.29, 1.82) is 0 Å². The smallest absolute Gasteiger partial charge is 0.240 e. The van der Waals surface area contributed by atoms with Crippen LogP contribution in [0.25, 0.3) is 0 Å². The van der Waals surface area contributed by atoms with E-state index < -0.39 is 10.0 Å². The molecule has 0 aliphatic rings. The lowest BCUT2D eigenvalue weighted by molar-refractivity contribution is 0.278. The van der Waals surface area contributed by atoms with Crippen molar-refractivity contribution in [3.05, 3.63) is 24.3 Å². The minimum atomic E-state index is -3.42. The number of anilines is 1. The van der Waals surface area contributed by atoms with Crippen molar-refractivity contribution < 1.29 is 8.42 Å². The van der Waals surface area contributed by atoms with Crippen molar-refractivity contribution in [2.24, 2.45) is 0 Å². The standard InChI is InChI=1S/C15H27N3O2S/c1-5-10-16-14-6-8-15(9-7-14)21(19,20)17-11-12-18(4)13(2)3/h6-9,13,16-17H,5,10-12H2,1-4H3. The molecular formula is C15H27N3O2S. The van der Waals surface area contributed by atoms with E-state index in [1.807, 2.05) is 7.05 Å². The second-order valence-corrected chi connectivity index (χ2v) is 7.19. The summed E-state index contributed by atoms with van der Waals surface area (Å²) in [5, 5.41) is 3.22. The van der Waals surface area contributed by atoms with E-state index in [4.69, 9.17) is 0 Å². The first-order valence-corrected chi connectivity index (χ1v) is 8.89. The summed E-state index contributed by atoms with van der Waals surface area (Å²) in [6, 6.07) is 7.26. The van der Waals surface area contributed by atoms with Crippen molar-refractivity contribution in [3.63, 3.8) is 0 Å². The molecule has 0 saturated carbocycles. The normalized spacial score (nSPS) is 12.1. The average molecular weight is 313 g/mol. The lowest BCUT2D eigenvalue weighted by Crippen LogP contribution is -2.36. The fourth-order valence-corrected chi connectivity index (χ4v) is 2.74. The number of nitrogens with one attached hydrogen (secondary N) is 2. The van der Waals surface area contributed by atoms with Gasteiger partial charge < -0.3 is 10.2 Å². The van der Waals surface area contributed by atoms with Crippen molar-refractivity contribution >= 4 is 15.7 Å². The Balaban J connectivity index is 2.57. The van der Waals surface area contributed by atoms with Gasteiger partial charge in [0.05, 0.1) is 4.90 Å². The van der Waals surface area contributed by atoms with Gasteiger partial charge in [0.15, 0.2) is 0 Å². The highest BCUT2D eigenvalue weighted by Gasteiger charge is 2.13. The van der Waals surface area contributed by atoms with Crippen LogP contribution in [-0.2, 0) is 10.0 Å². The second kappa shape index (κ2) is 8.36. The third-order valence-corrected chi connectivity index (χ3v) is 4.86. The van der Waals surface area contributed by atoms with Crippen LogP contribution >= 0.6 is 0 Å². The van der Waals surface area contributed by atoms with Crippen LogP contribution in [0.2, 0.25) is 0 Å². The monoisotopic (exact) mass is 313 g/mol. The molecule has 0 aliphatic carbocycles. The molecule has 0 fully saturated rings. The predicted octanol–water partition coefficient (Wildman–Crippen LogP) is 2.13. The molecule has 0 aliphatic heterocycles. The highest BCUT2D eigenvalue weighted by molar-refractivity contribution is 7.89. The number of benzene rings is 1. The molecule has 1 aromatic rings. The Morgan fingerprint density at radius 1 is 1.14 bits per heavy atom. The molecule has 0 atom stereocenters. The highest BCUT2D eigenvalue weighted by Crippen LogP contribution is 2.13. The topological polar surface area (TPSA) is 61.4 Å². The lowest BCUT2D eigenvalue weighted by Gasteiger charge is -2.20. The van der Waals surface area contributed by atoms with E-state index in [-0.39, 0.29) is 0 Å². The van der Waals surface area contributed by atoms with Gasteiger partial charge in [-0.05, 0) is 51.6 Å². The third-order valence-electron chi connectivity index (χ3n) is 3.38. The molecule has 2 N–H and O–H groups in total. The number of sulfonamides is 1. The van der Waals surface area contributed by atoms with Crippen LogP contribution in [-0.4, -0.2) is 46.0 Å². The van der Waals surface area contributed by atoms with Crippen LogP contribution in [0.5, 0.6) is 0 Å². The molecule has 0 radical (unpaired) electrons. The molecule has 0 amide bonds. The number of hydrogen-bond acceptors (Lipinski definition) is 4. The number of rotatable bonds is 9. The molecular weight excluding hydrogens is 286 g/mol. The van der Waals surface area contributed by atoms with Crippen molar-refractivity contribution in [1.82, 2.24) is 9.62 Å². The van der Waals surface area contributed by atoms with E-state index in [0.29, 0.717) is 24.0 Å². The maximum Gasteiger partial charge on any atom is 0.240 e. The molecule has 0 heterocycles. The summed E-state index contributed by atoms with van der Waals surface area (Å²) in [6.45, 7) is 8.22. The maximum atomic E-state index is 12.2. The summed E-state index contributed by atoms with van der Waals surface area (Å²) in [5.41, 5.74) is 0.940. The summed E-state index contributed by atoms with van der Waals surface area (Å²) >= 11 is 0. The summed E-state index contributed by atoms with van der Waals surface area (Å²) in [5.74, 6) is 0. The first-order chi connectivity index (χ1) is 9.86. The predicted molar refractivity (Wildman–Crippen MR) is 88.2 cm³/mol. The minimum absolute atomic E-state index is 0.303. The molecule has 1 rings (SSSR count). The van der Waals surface area contributed by atoms with Crippen LogP contribution in [0.4, 0.5) is 5.69 Å². The SMILES string of the molecule is CCCNc1ccc(S(=O)(=O)NCCN(C)C(C)C)cc1. The second-order valence-electron chi connectivity index (χ2n) is 5.42. The van der Waals surface area contributed by atoms with Gasteiger partial charge in [0.2, 0.25) is 10.0 Å². The van der Waals surface area contributed by atoms with Gasteiger partial charge in [-0.3, -0.25) is 0 Å². The quantitative estimate of drug-likeness (QED) is 0.733. The Bertz CT molecular complexity index is 512. The summed E-state index contributed by atoms with van der Waals surface area (Å²) in [7, 11) is -1.44. The van der Waals surface area contributed by atoms with Gasteiger partial charge in [-0.15, -0.1) is 0 Å². The molecule has 6 heteroatoms. The first-order valence-electron chi connectivity index (χ1n) is 7.40. The Morgan fingerprint density at radius 2 is 1.76 bits per heavy atom. The molecule has 1 aromatic carbocycles. The van der Waals surface area contributed by atoms with Crippen LogP contribution in [0.15, 0.2) is 29.2 Å². The molecule has 5 nitrogen and oxygen atoms in total. The van der Waals surface area contributed by atoms with E-state index in [2.05, 4.69) is 35.7 Å². The third kappa shape index (κ3) is 6.03. The molecule has 0 saturated heterocycles. The van der Waals surface area contributed by atoms with Gasteiger partial charge >= 0.3 is 0 Å². The zero-order valence-corrected chi connectivity index (χ0v) is 14.2. The first kappa shape index (κ1) is 17.9. The van der Waals surface area contributed by atoms with Crippen LogP contribution in [0.3, 0.4) is 0 Å².